The van der Waals surface area contributed by atoms with Gasteiger partial charge >= 0.3 is 0 Å². The topological polar surface area (TPSA) is 33.4 Å². The summed E-state index contributed by atoms with van der Waals surface area (Å²) in [6.45, 7) is 5.19. The third-order valence-electron chi connectivity index (χ3n) is 4.75. The maximum Gasteiger partial charge on any atom is 0.155 e. The van der Waals surface area contributed by atoms with Gasteiger partial charge < -0.3 is 0 Å². The molecule has 2 aromatic heterocycles. The van der Waals surface area contributed by atoms with Crippen LogP contribution >= 0.6 is 11.6 Å². The molecule has 0 unspecified atom stereocenters. The van der Waals surface area contributed by atoms with Crippen LogP contribution in [0.5, 0.6) is 0 Å². The van der Waals surface area contributed by atoms with Crippen molar-refractivity contribution in [3.8, 4) is 0 Å². The molecule has 3 heterocycles. The first-order chi connectivity index (χ1) is 11.7. The van der Waals surface area contributed by atoms with E-state index in [1.54, 1.807) is 0 Å². The van der Waals surface area contributed by atoms with Crippen LogP contribution in [0, 0.1) is 6.92 Å². The van der Waals surface area contributed by atoms with Gasteiger partial charge in [0.25, 0.3) is 0 Å². The number of aryl methyl sites for hydroxylation is 1. The molecule has 1 fully saturated rings. The fourth-order valence-electron chi connectivity index (χ4n) is 3.63. The summed E-state index contributed by atoms with van der Waals surface area (Å²) in [4.78, 5) is 6.95. The average molecular weight is 341 g/mol. The van der Waals surface area contributed by atoms with Gasteiger partial charge in [-0.05, 0) is 50.1 Å². The molecule has 0 aliphatic carbocycles. The molecule has 4 nitrogen and oxygen atoms in total. The molecule has 0 bridgehead atoms. The Morgan fingerprint density at radius 3 is 2.88 bits per heavy atom. The van der Waals surface area contributed by atoms with Gasteiger partial charge in [-0.15, -0.1) is 0 Å². The van der Waals surface area contributed by atoms with Gasteiger partial charge in [0.2, 0.25) is 0 Å². The number of hydrogen-bond acceptors (Lipinski definition) is 3. The smallest absolute Gasteiger partial charge is 0.155 e. The lowest BCUT2D eigenvalue weighted by molar-refractivity contribution is 0.197. The Morgan fingerprint density at radius 1 is 1.21 bits per heavy atom. The van der Waals surface area contributed by atoms with Crippen molar-refractivity contribution in [1.82, 2.24) is 19.5 Å². The Kier molecular flexibility index (Phi) is 4.25. The molecular weight excluding hydrogens is 320 g/mol. The highest BCUT2D eigenvalue weighted by molar-refractivity contribution is 6.30. The number of nitrogens with zero attached hydrogens (tertiary/aromatic N) is 4. The minimum atomic E-state index is 0.496. The molecule has 0 radical (unpaired) electrons. The van der Waals surface area contributed by atoms with Gasteiger partial charge in [-0.1, -0.05) is 23.7 Å². The number of piperidine rings is 1. The van der Waals surface area contributed by atoms with Crippen molar-refractivity contribution in [2.75, 3.05) is 13.1 Å². The van der Waals surface area contributed by atoms with Gasteiger partial charge in [0, 0.05) is 36.3 Å². The summed E-state index contributed by atoms with van der Waals surface area (Å²) in [5.74, 6) is 0.496. The lowest BCUT2D eigenvalue weighted by atomic mass is 9.94. The van der Waals surface area contributed by atoms with Crippen LogP contribution in [0.1, 0.15) is 35.7 Å². The van der Waals surface area contributed by atoms with Crippen molar-refractivity contribution >= 4 is 17.2 Å². The van der Waals surface area contributed by atoms with Crippen molar-refractivity contribution in [2.45, 2.75) is 32.2 Å². The first-order valence-electron chi connectivity index (χ1n) is 8.47. The van der Waals surface area contributed by atoms with Gasteiger partial charge in [-0.2, -0.15) is 5.10 Å². The van der Waals surface area contributed by atoms with Gasteiger partial charge in [-0.3, -0.25) is 4.90 Å². The van der Waals surface area contributed by atoms with Crippen LogP contribution < -0.4 is 0 Å². The lowest BCUT2D eigenvalue weighted by Gasteiger charge is -2.33. The molecule has 1 aliphatic rings. The highest BCUT2D eigenvalue weighted by Crippen LogP contribution is 2.28. The number of benzene rings is 1. The molecule has 0 spiro atoms. The molecule has 0 amide bonds. The summed E-state index contributed by atoms with van der Waals surface area (Å²) >= 11 is 5.99. The third kappa shape index (κ3) is 3.17. The molecule has 24 heavy (non-hydrogen) atoms. The van der Waals surface area contributed by atoms with Gasteiger partial charge in [0.15, 0.2) is 5.65 Å². The molecule has 1 aromatic carbocycles. The second kappa shape index (κ2) is 6.54. The number of hydrogen-bond donors (Lipinski definition) is 0. The average Bonchev–Trinajstić information content (AvgIpc) is 2.97. The van der Waals surface area contributed by atoms with Crippen LogP contribution in [0.3, 0.4) is 0 Å². The van der Waals surface area contributed by atoms with Crippen LogP contribution in [-0.4, -0.2) is 32.6 Å². The second-order valence-electron chi connectivity index (χ2n) is 6.63. The molecule has 5 heteroatoms. The molecule has 0 N–H and O–H groups in total. The number of likely N-dealkylation sites (tertiary alicyclic amines) is 1. The Labute approximate surface area is 147 Å². The van der Waals surface area contributed by atoms with Crippen molar-refractivity contribution in [3.05, 3.63) is 64.6 Å². The van der Waals surface area contributed by atoms with Gasteiger partial charge in [0.05, 0.1) is 11.4 Å². The largest absolute Gasteiger partial charge is 0.298 e. The van der Waals surface area contributed by atoms with Crippen LogP contribution in [0.4, 0.5) is 0 Å². The maximum atomic E-state index is 5.99. The van der Waals surface area contributed by atoms with Crippen LogP contribution in [0.25, 0.3) is 5.65 Å². The highest BCUT2D eigenvalue weighted by Gasteiger charge is 2.23. The molecule has 0 saturated carbocycles. The fraction of sp³-hybridized carbons (Fsp3) is 0.368. The summed E-state index contributed by atoms with van der Waals surface area (Å²) in [7, 11) is 0. The van der Waals surface area contributed by atoms with E-state index < -0.39 is 0 Å². The third-order valence-corrected chi connectivity index (χ3v) is 5.00. The highest BCUT2D eigenvalue weighted by atomic mass is 35.5. The first-order valence-corrected chi connectivity index (χ1v) is 8.85. The molecule has 3 aromatic rings. The molecule has 1 atom stereocenters. The fourth-order valence-corrected chi connectivity index (χ4v) is 3.75. The number of halogens is 1. The second-order valence-corrected chi connectivity index (χ2v) is 7.06. The molecule has 124 valence electrons. The number of rotatable bonds is 3. The zero-order chi connectivity index (χ0) is 16.5. The normalized spacial score (nSPS) is 19.0. The van der Waals surface area contributed by atoms with E-state index in [1.807, 2.05) is 35.8 Å². The molecule has 1 aliphatic heterocycles. The molecule has 1 saturated heterocycles. The van der Waals surface area contributed by atoms with Gasteiger partial charge in [0.1, 0.15) is 0 Å². The van der Waals surface area contributed by atoms with Crippen molar-refractivity contribution in [2.24, 2.45) is 0 Å². The van der Waals surface area contributed by atoms with E-state index >= 15 is 0 Å². The van der Waals surface area contributed by atoms with E-state index in [0.29, 0.717) is 5.92 Å². The van der Waals surface area contributed by atoms with E-state index in [9.17, 15) is 0 Å². The Balaban J connectivity index is 1.54. The molecule has 4 rings (SSSR count). The van der Waals surface area contributed by atoms with E-state index in [1.165, 1.54) is 24.1 Å². The summed E-state index contributed by atoms with van der Waals surface area (Å²) < 4.78 is 2.02. The number of aromatic nitrogens is 3. The predicted molar refractivity (Wildman–Crippen MR) is 96.4 cm³/mol. The Hall–Kier alpha value is -1.91. The summed E-state index contributed by atoms with van der Waals surface area (Å²) in [5, 5.41) is 5.42. The SMILES string of the molecule is Cc1cc2nccc([C@H]3CCCN(Cc4ccc(Cl)cc4)C3)n2n1. The zero-order valence-electron chi connectivity index (χ0n) is 13.8. The summed E-state index contributed by atoms with van der Waals surface area (Å²) in [6, 6.07) is 12.3. The number of fused-ring (bicyclic) bond motifs is 1. The zero-order valence-corrected chi connectivity index (χ0v) is 14.6. The lowest BCUT2D eigenvalue weighted by Crippen LogP contribution is -2.34. The van der Waals surface area contributed by atoms with E-state index in [0.717, 1.165) is 36.0 Å². The monoisotopic (exact) mass is 340 g/mol. The minimum absolute atomic E-state index is 0.496. The minimum Gasteiger partial charge on any atom is -0.298 e. The molecular formula is C19H21ClN4. The van der Waals surface area contributed by atoms with Crippen LogP contribution in [0.15, 0.2) is 42.6 Å². The van der Waals surface area contributed by atoms with Crippen LogP contribution in [0.2, 0.25) is 5.02 Å². The standard InChI is InChI=1S/C19H21ClN4/c1-14-11-19-21-9-8-18(24(19)22-14)16-3-2-10-23(13-16)12-15-4-6-17(20)7-5-15/h4-9,11,16H,2-3,10,12-13H2,1H3/t16-/m0/s1. The van der Waals surface area contributed by atoms with Crippen molar-refractivity contribution in [1.29, 1.82) is 0 Å². The Morgan fingerprint density at radius 2 is 2.04 bits per heavy atom. The van der Waals surface area contributed by atoms with Crippen LogP contribution in [-0.2, 0) is 6.54 Å². The summed E-state index contributed by atoms with van der Waals surface area (Å²) in [5.41, 5.74) is 4.55. The predicted octanol–water partition coefficient (Wildman–Crippen LogP) is 4.07. The van der Waals surface area contributed by atoms with E-state index in [2.05, 4.69) is 33.2 Å². The van der Waals surface area contributed by atoms with Crippen molar-refractivity contribution < 1.29 is 0 Å². The Bertz CT molecular complexity index is 840. The van der Waals surface area contributed by atoms with E-state index in [4.69, 9.17) is 11.6 Å². The quantitative estimate of drug-likeness (QED) is 0.720. The summed E-state index contributed by atoms with van der Waals surface area (Å²) in [6.07, 6.45) is 4.32. The van der Waals surface area contributed by atoms with Gasteiger partial charge in [-0.25, -0.2) is 9.50 Å². The van der Waals surface area contributed by atoms with Crippen molar-refractivity contribution in [3.63, 3.8) is 0 Å². The van der Waals surface area contributed by atoms with E-state index in [-0.39, 0.29) is 0 Å². The maximum absolute atomic E-state index is 5.99. The first kappa shape index (κ1) is 15.6.